The molecule has 0 radical (unpaired) electrons. The van der Waals surface area contributed by atoms with Gasteiger partial charge >= 0.3 is 5.97 Å². The van der Waals surface area contributed by atoms with Crippen LogP contribution in [-0.4, -0.2) is 16.7 Å². The number of carboxylic acids is 1. The van der Waals surface area contributed by atoms with Crippen LogP contribution in [0.5, 0.6) is 17.2 Å². The molecular formula is C20H26NO4P. The lowest BCUT2D eigenvalue weighted by molar-refractivity contribution is -0.140. The van der Waals surface area contributed by atoms with E-state index >= 15 is 0 Å². The predicted octanol–water partition coefficient (Wildman–Crippen LogP) is 4.92. The number of rotatable bonds is 5. The Bertz CT molecular complexity index is 776. The van der Waals surface area contributed by atoms with Crippen molar-refractivity contribution in [2.45, 2.75) is 45.8 Å². The molecular weight excluding hydrogens is 349 g/mol. The number of carbonyl (C=O) groups is 1. The SMILES string of the molecule is CC.CC(C)(CC(=O)O)Oc1ccc2c(c1)Oc1ccccc1C2NP. The lowest BCUT2D eigenvalue weighted by atomic mass is 9.95. The maximum atomic E-state index is 10.9. The molecule has 2 aromatic rings. The van der Waals surface area contributed by atoms with Crippen LogP contribution in [0.3, 0.4) is 0 Å². The van der Waals surface area contributed by atoms with Crippen LogP contribution in [0.15, 0.2) is 42.5 Å². The van der Waals surface area contributed by atoms with Crippen molar-refractivity contribution < 1.29 is 19.4 Å². The normalized spacial score (nSPS) is 14.9. The molecule has 2 unspecified atom stereocenters. The van der Waals surface area contributed by atoms with E-state index in [2.05, 4.69) is 14.5 Å². The molecule has 1 heterocycles. The largest absolute Gasteiger partial charge is 0.487 e. The maximum absolute atomic E-state index is 10.9. The zero-order valence-electron chi connectivity index (χ0n) is 15.6. The van der Waals surface area contributed by atoms with E-state index in [-0.39, 0.29) is 12.5 Å². The average Bonchev–Trinajstić information content (AvgIpc) is 2.59. The van der Waals surface area contributed by atoms with Crippen LogP contribution in [0.1, 0.15) is 51.3 Å². The van der Waals surface area contributed by atoms with Crippen molar-refractivity contribution in [1.29, 1.82) is 0 Å². The molecule has 1 aliphatic heterocycles. The highest BCUT2D eigenvalue weighted by atomic mass is 31.0. The zero-order valence-corrected chi connectivity index (χ0v) is 16.7. The highest BCUT2D eigenvalue weighted by Gasteiger charge is 2.28. The number of aliphatic carboxylic acids is 1. The van der Waals surface area contributed by atoms with Crippen LogP contribution in [-0.2, 0) is 4.79 Å². The van der Waals surface area contributed by atoms with Gasteiger partial charge in [-0.25, -0.2) is 0 Å². The van der Waals surface area contributed by atoms with Crippen LogP contribution in [0.4, 0.5) is 0 Å². The molecule has 0 bridgehead atoms. The summed E-state index contributed by atoms with van der Waals surface area (Å²) in [5.41, 5.74) is 1.28. The van der Waals surface area contributed by atoms with Crippen molar-refractivity contribution in [2.24, 2.45) is 0 Å². The minimum atomic E-state index is -0.893. The van der Waals surface area contributed by atoms with Gasteiger partial charge in [0.25, 0.3) is 0 Å². The number of hydrogen-bond donors (Lipinski definition) is 2. The minimum absolute atomic E-state index is 0.0102. The molecule has 3 rings (SSSR count). The second-order valence-electron chi connectivity index (χ2n) is 6.37. The Kier molecular flexibility index (Phi) is 6.63. The Balaban J connectivity index is 0.00000117. The molecule has 6 heteroatoms. The fourth-order valence-corrected chi connectivity index (χ4v) is 3.26. The summed E-state index contributed by atoms with van der Waals surface area (Å²) in [6.07, 6.45) is -0.0798. The Morgan fingerprint density at radius 3 is 2.50 bits per heavy atom. The minimum Gasteiger partial charge on any atom is -0.487 e. The summed E-state index contributed by atoms with van der Waals surface area (Å²) in [6.45, 7) is 7.51. The molecule has 2 atom stereocenters. The molecule has 2 N–H and O–H groups in total. The van der Waals surface area contributed by atoms with Crippen molar-refractivity contribution in [1.82, 2.24) is 5.09 Å². The first-order chi connectivity index (χ1) is 12.4. The van der Waals surface area contributed by atoms with Crippen LogP contribution >= 0.6 is 9.39 Å². The summed E-state index contributed by atoms with van der Waals surface area (Å²) in [5.74, 6) is 1.20. The standard InChI is InChI=1S/C18H20NO4P.C2H6/c1-18(2,10-16(20)21)23-11-7-8-13-15(9-11)22-14-6-4-3-5-12(14)17(13)19-24;1-2/h3-9,17,19H,10,24H2,1-2H3,(H,20,21);1-2H3. The molecule has 2 aromatic carbocycles. The molecule has 0 saturated carbocycles. The lowest BCUT2D eigenvalue weighted by Gasteiger charge is -2.29. The van der Waals surface area contributed by atoms with Crippen LogP contribution in [0.25, 0.3) is 0 Å². The number of carboxylic acid groups (broad SMARTS) is 1. The van der Waals surface area contributed by atoms with Gasteiger partial charge in [0.1, 0.15) is 22.8 Å². The van der Waals surface area contributed by atoms with Gasteiger partial charge in [-0.05, 0) is 32.0 Å². The molecule has 26 heavy (non-hydrogen) atoms. The topological polar surface area (TPSA) is 67.8 Å². The second-order valence-corrected chi connectivity index (χ2v) is 6.70. The quantitative estimate of drug-likeness (QED) is 0.726. The van der Waals surface area contributed by atoms with E-state index in [0.717, 1.165) is 16.9 Å². The molecule has 0 aromatic heterocycles. The third-order valence-electron chi connectivity index (χ3n) is 3.88. The van der Waals surface area contributed by atoms with Gasteiger partial charge in [0.2, 0.25) is 0 Å². The van der Waals surface area contributed by atoms with Gasteiger partial charge in [-0.3, -0.25) is 9.88 Å². The number of fused-ring (bicyclic) bond motifs is 2. The Hall–Kier alpha value is -2.10. The van der Waals surface area contributed by atoms with E-state index in [4.69, 9.17) is 14.6 Å². The van der Waals surface area contributed by atoms with Crippen LogP contribution < -0.4 is 14.6 Å². The van der Waals surface area contributed by atoms with E-state index in [1.54, 1.807) is 13.8 Å². The summed E-state index contributed by atoms with van der Waals surface area (Å²) in [6, 6.07) is 13.5. The van der Waals surface area contributed by atoms with Crippen LogP contribution in [0.2, 0.25) is 0 Å². The number of nitrogens with one attached hydrogen (secondary N) is 1. The predicted molar refractivity (Wildman–Crippen MR) is 106 cm³/mol. The second kappa shape index (κ2) is 8.52. The number of hydrogen-bond acceptors (Lipinski definition) is 4. The summed E-state index contributed by atoms with van der Waals surface area (Å²) in [7, 11) is 2.55. The first kappa shape index (κ1) is 20.2. The van der Waals surface area contributed by atoms with Gasteiger partial charge in [0.05, 0.1) is 12.5 Å². The van der Waals surface area contributed by atoms with Gasteiger partial charge in [-0.2, -0.15) is 0 Å². The molecule has 0 saturated heterocycles. The average molecular weight is 375 g/mol. The van der Waals surface area contributed by atoms with Gasteiger partial charge in [-0.1, -0.05) is 41.4 Å². The fourth-order valence-electron chi connectivity index (χ4n) is 2.90. The van der Waals surface area contributed by atoms with Crippen molar-refractivity contribution in [3.8, 4) is 17.2 Å². The Labute approximate surface area is 157 Å². The fraction of sp³-hybridized carbons (Fsp3) is 0.350. The number of benzene rings is 2. The van der Waals surface area contributed by atoms with E-state index in [1.165, 1.54) is 0 Å². The maximum Gasteiger partial charge on any atom is 0.307 e. The summed E-state index contributed by atoms with van der Waals surface area (Å²) >= 11 is 0. The third-order valence-corrected chi connectivity index (χ3v) is 4.22. The number of para-hydroxylation sites is 1. The highest BCUT2D eigenvalue weighted by molar-refractivity contribution is 7.13. The van der Waals surface area contributed by atoms with Crippen LogP contribution in [0, 0.1) is 0 Å². The smallest absolute Gasteiger partial charge is 0.307 e. The van der Waals surface area contributed by atoms with Crippen molar-refractivity contribution in [3.05, 3.63) is 53.6 Å². The first-order valence-corrected chi connectivity index (χ1v) is 9.25. The monoisotopic (exact) mass is 375 g/mol. The summed E-state index contributed by atoms with van der Waals surface area (Å²) in [5, 5.41) is 12.2. The summed E-state index contributed by atoms with van der Waals surface area (Å²) in [4.78, 5) is 10.9. The Morgan fingerprint density at radius 2 is 1.85 bits per heavy atom. The van der Waals surface area contributed by atoms with E-state index in [1.807, 2.05) is 56.3 Å². The molecule has 0 aliphatic carbocycles. The lowest BCUT2D eigenvalue weighted by Crippen LogP contribution is -2.31. The third kappa shape index (κ3) is 4.54. The molecule has 0 spiro atoms. The number of ether oxygens (including phenoxy) is 2. The van der Waals surface area contributed by atoms with E-state index in [9.17, 15) is 4.79 Å². The van der Waals surface area contributed by atoms with Gasteiger partial charge in [-0.15, -0.1) is 0 Å². The van der Waals surface area contributed by atoms with Crippen molar-refractivity contribution in [2.75, 3.05) is 0 Å². The van der Waals surface area contributed by atoms with Crippen molar-refractivity contribution in [3.63, 3.8) is 0 Å². The van der Waals surface area contributed by atoms with Crippen molar-refractivity contribution >= 4 is 15.4 Å². The highest BCUT2D eigenvalue weighted by Crippen LogP contribution is 2.44. The van der Waals surface area contributed by atoms with E-state index < -0.39 is 11.6 Å². The van der Waals surface area contributed by atoms with Gasteiger partial charge in [0, 0.05) is 17.2 Å². The van der Waals surface area contributed by atoms with Gasteiger partial charge < -0.3 is 14.6 Å². The summed E-state index contributed by atoms with van der Waals surface area (Å²) < 4.78 is 11.8. The first-order valence-electron chi connectivity index (χ1n) is 8.67. The zero-order chi connectivity index (χ0) is 19.3. The molecule has 1 aliphatic rings. The molecule has 140 valence electrons. The molecule has 0 amide bonds. The van der Waals surface area contributed by atoms with Gasteiger partial charge in [0.15, 0.2) is 0 Å². The van der Waals surface area contributed by atoms with E-state index in [0.29, 0.717) is 11.5 Å². The molecule has 5 nitrogen and oxygen atoms in total. The Morgan fingerprint density at radius 1 is 1.19 bits per heavy atom. The molecule has 0 fully saturated rings.